The summed E-state index contributed by atoms with van der Waals surface area (Å²) in [6, 6.07) is 12.5. The van der Waals surface area contributed by atoms with Crippen molar-refractivity contribution in [2.24, 2.45) is 0 Å². The lowest BCUT2D eigenvalue weighted by molar-refractivity contribution is -0.124. The monoisotopic (exact) mass is 356 g/mol. The fourth-order valence-electron chi connectivity index (χ4n) is 3.63. The van der Waals surface area contributed by atoms with Gasteiger partial charge < -0.3 is 10.1 Å². The molecule has 0 radical (unpaired) electrons. The van der Waals surface area contributed by atoms with E-state index in [-0.39, 0.29) is 24.6 Å². The summed E-state index contributed by atoms with van der Waals surface area (Å²) in [5, 5.41) is 7.38. The van der Waals surface area contributed by atoms with Gasteiger partial charge in [0.1, 0.15) is 6.54 Å². The van der Waals surface area contributed by atoms with Gasteiger partial charge in [-0.2, -0.15) is 5.10 Å². The Kier molecular flexibility index (Phi) is 6.06. The lowest BCUT2D eigenvalue weighted by Gasteiger charge is -2.41. The minimum Gasteiger partial charge on any atom is -0.373 e. The summed E-state index contributed by atoms with van der Waals surface area (Å²) in [7, 11) is 0. The first-order valence-electron chi connectivity index (χ1n) is 9.27. The van der Waals surface area contributed by atoms with E-state index in [9.17, 15) is 4.79 Å². The van der Waals surface area contributed by atoms with Crippen LogP contribution in [0, 0.1) is 13.8 Å². The van der Waals surface area contributed by atoms with Gasteiger partial charge in [0, 0.05) is 18.8 Å². The number of nitrogens with one attached hydrogen (secondary N) is 1. The van der Waals surface area contributed by atoms with Gasteiger partial charge in [-0.1, -0.05) is 37.3 Å². The summed E-state index contributed by atoms with van der Waals surface area (Å²) in [6.07, 6.45) is -0.0597. The number of likely N-dealkylation sites (N-methyl/N-ethyl adjacent to an activating group) is 1. The van der Waals surface area contributed by atoms with Gasteiger partial charge in [-0.15, -0.1) is 0 Å². The van der Waals surface area contributed by atoms with E-state index in [1.807, 2.05) is 26.0 Å². The van der Waals surface area contributed by atoms with E-state index >= 15 is 0 Å². The highest BCUT2D eigenvalue weighted by Crippen LogP contribution is 2.28. The van der Waals surface area contributed by atoms with Crippen molar-refractivity contribution in [3.05, 3.63) is 53.3 Å². The number of hydrogen-bond donors (Lipinski definition) is 1. The lowest BCUT2D eigenvalue weighted by Crippen LogP contribution is -2.50. The molecule has 1 aromatic carbocycles. The summed E-state index contributed by atoms with van der Waals surface area (Å²) >= 11 is 0. The number of morpholine rings is 1. The Hall–Kier alpha value is -2.18. The van der Waals surface area contributed by atoms with Gasteiger partial charge in [0.05, 0.1) is 24.4 Å². The zero-order chi connectivity index (χ0) is 18.5. The predicted octanol–water partition coefficient (Wildman–Crippen LogP) is 2.08. The number of aromatic nitrogens is 2. The zero-order valence-electron chi connectivity index (χ0n) is 15.8. The van der Waals surface area contributed by atoms with Crippen molar-refractivity contribution in [3.63, 3.8) is 0 Å². The van der Waals surface area contributed by atoms with E-state index < -0.39 is 0 Å². The third-order valence-electron chi connectivity index (χ3n) is 4.90. The number of carbonyl (C=O) groups excluding carboxylic acids is 1. The van der Waals surface area contributed by atoms with Gasteiger partial charge in [-0.25, -0.2) is 0 Å². The minimum atomic E-state index is -0.0597. The number of hydrogen-bond acceptors (Lipinski definition) is 4. The van der Waals surface area contributed by atoms with E-state index in [1.54, 1.807) is 4.68 Å². The first-order valence-corrected chi connectivity index (χ1v) is 9.27. The van der Waals surface area contributed by atoms with E-state index in [4.69, 9.17) is 4.74 Å². The van der Waals surface area contributed by atoms with Crippen LogP contribution in [0.3, 0.4) is 0 Å². The molecule has 0 unspecified atom stereocenters. The fourth-order valence-corrected chi connectivity index (χ4v) is 3.63. The van der Waals surface area contributed by atoms with Gasteiger partial charge >= 0.3 is 0 Å². The zero-order valence-corrected chi connectivity index (χ0v) is 15.8. The van der Waals surface area contributed by atoms with Crippen LogP contribution in [0.15, 0.2) is 36.4 Å². The van der Waals surface area contributed by atoms with E-state index in [1.165, 1.54) is 5.56 Å². The maximum absolute atomic E-state index is 12.4. The average molecular weight is 356 g/mol. The number of ether oxygens (including phenoxy) is 1. The van der Waals surface area contributed by atoms with Gasteiger partial charge in [0.25, 0.3) is 0 Å². The molecule has 1 aliphatic heterocycles. The van der Waals surface area contributed by atoms with Gasteiger partial charge in [-0.05, 0) is 32.0 Å². The number of benzene rings is 1. The second-order valence-electron chi connectivity index (χ2n) is 6.78. The molecule has 2 heterocycles. The van der Waals surface area contributed by atoms with Crippen LogP contribution in [0.4, 0.5) is 0 Å². The van der Waals surface area contributed by atoms with Gasteiger partial charge in [0.15, 0.2) is 0 Å². The minimum absolute atomic E-state index is 0.0415. The Balaban J connectivity index is 1.64. The summed E-state index contributed by atoms with van der Waals surface area (Å²) in [4.78, 5) is 14.8. The van der Waals surface area contributed by atoms with Crippen molar-refractivity contribution in [1.29, 1.82) is 0 Å². The highest BCUT2D eigenvalue weighted by Gasteiger charge is 2.32. The number of carbonyl (C=O) groups is 1. The van der Waals surface area contributed by atoms with Crippen LogP contribution in [-0.2, 0) is 16.1 Å². The van der Waals surface area contributed by atoms with Crippen molar-refractivity contribution < 1.29 is 9.53 Å². The molecule has 1 aliphatic rings. The Bertz CT molecular complexity index is 729. The molecule has 0 saturated carbocycles. The topological polar surface area (TPSA) is 59.4 Å². The van der Waals surface area contributed by atoms with Crippen molar-refractivity contribution >= 4 is 5.91 Å². The molecule has 1 fully saturated rings. The van der Waals surface area contributed by atoms with Crippen molar-refractivity contribution in [3.8, 4) is 0 Å². The quantitative estimate of drug-likeness (QED) is 0.861. The lowest BCUT2D eigenvalue weighted by atomic mass is 9.98. The highest BCUT2D eigenvalue weighted by atomic mass is 16.5. The molecule has 0 bridgehead atoms. The summed E-state index contributed by atoms with van der Waals surface area (Å²) in [5.41, 5.74) is 3.14. The Labute approximate surface area is 155 Å². The summed E-state index contributed by atoms with van der Waals surface area (Å²) in [6.45, 7) is 9.34. The Morgan fingerprint density at radius 2 is 2.08 bits per heavy atom. The smallest absolute Gasteiger partial charge is 0.241 e. The van der Waals surface area contributed by atoms with Crippen LogP contribution in [-0.4, -0.2) is 52.9 Å². The van der Waals surface area contributed by atoms with E-state index in [0.29, 0.717) is 13.2 Å². The van der Waals surface area contributed by atoms with E-state index in [2.05, 4.69) is 46.5 Å². The standard InChI is InChI=1S/C20H28N4O2/c1-4-23-10-11-26-18(20(23)17-8-6-5-7-9-17)13-21-19(25)14-24-16(3)12-15(2)22-24/h5-9,12,18,20H,4,10-11,13-14H2,1-3H3,(H,21,25)/t18-,20-/m0/s1. The van der Waals surface area contributed by atoms with Crippen LogP contribution in [0.25, 0.3) is 0 Å². The molecule has 1 aromatic heterocycles. The number of amides is 1. The second kappa shape index (κ2) is 8.47. The SMILES string of the molecule is CCN1CCO[C@@H](CNC(=O)Cn2nc(C)cc2C)[C@@H]1c1ccccc1. The predicted molar refractivity (Wildman–Crippen MR) is 101 cm³/mol. The van der Waals surface area contributed by atoms with Gasteiger partial charge in [-0.3, -0.25) is 14.4 Å². The van der Waals surface area contributed by atoms with E-state index in [0.717, 1.165) is 24.5 Å². The fraction of sp³-hybridized carbons (Fsp3) is 0.500. The molecule has 2 atom stereocenters. The normalized spacial score (nSPS) is 20.9. The molecular formula is C20H28N4O2. The molecule has 0 aliphatic carbocycles. The van der Waals surface area contributed by atoms with Crippen molar-refractivity contribution in [2.45, 2.75) is 39.5 Å². The first-order chi connectivity index (χ1) is 12.6. The van der Waals surface area contributed by atoms with Crippen molar-refractivity contribution in [1.82, 2.24) is 20.0 Å². The molecule has 6 nitrogen and oxygen atoms in total. The van der Waals surface area contributed by atoms with Crippen LogP contribution >= 0.6 is 0 Å². The maximum Gasteiger partial charge on any atom is 0.241 e. The van der Waals surface area contributed by atoms with Gasteiger partial charge in [0.2, 0.25) is 5.91 Å². The van der Waals surface area contributed by atoms with Crippen LogP contribution in [0.1, 0.15) is 29.9 Å². The number of aryl methyl sites for hydroxylation is 2. The van der Waals surface area contributed by atoms with Crippen LogP contribution < -0.4 is 5.32 Å². The Morgan fingerprint density at radius 3 is 2.73 bits per heavy atom. The maximum atomic E-state index is 12.4. The molecule has 2 aromatic rings. The highest BCUT2D eigenvalue weighted by molar-refractivity contribution is 5.75. The van der Waals surface area contributed by atoms with Crippen LogP contribution in [0.2, 0.25) is 0 Å². The first kappa shape index (κ1) is 18.6. The second-order valence-corrected chi connectivity index (χ2v) is 6.78. The van der Waals surface area contributed by atoms with Crippen molar-refractivity contribution in [2.75, 3.05) is 26.2 Å². The molecule has 1 saturated heterocycles. The Morgan fingerprint density at radius 1 is 1.31 bits per heavy atom. The number of rotatable bonds is 6. The average Bonchev–Trinajstić information content (AvgIpc) is 2.97. The third-order valence-corrected chi connectivity index (χ3v) is 4.90. The molecule has 26 heavy (non-hydrogen) atoms. The molecule has 1 amide bonds. The molecule has 1 N–H and O–H groups in total. The molecule has 6 heteroatoms. The molecule has 140 valence electrons. The molecule has 0 spiro atoms. The number of nitrogens with zero attached hydrogens (tertiary/aromatic N) is 3. The molecule has 3 rings (SSSR count). The molecular weight excluding hydrogens is 328 g/mol. The largest absolute Gasteiger partial charge is 0.373 e. The van der Waals surface area contributed by atoms with Crippen LogP contribution in [0.5, 0.6) is 0 Å². The summed E-state index contributed by atoms with van der Waals surface area (Å²) in [5.74, 6) is -0.0415. The third kappa shape index (κ3) is 4.31. The summed E-state index contributed by atoms with van der Waals surface area (Å²) < 4.78 is 7.76.